The Morgan fingerprint density at radius 3 is 2.46 bits per heavy atom. The predicted octanol–water partition coefficient (Wildman–Crippen LogP) is 4.92. The summed E-state index contributed by atoms with van der Waals surface area (Å²) in [4.78, 5) is 24.1. The predicted molar refractivity (Wildman–Crippen MR) is 109 cm³/mol. The fourth-order valence-electron chi connectivity index (χ4n) is 2.62. The van der Waals surface area contributed by atoms with E-state index in [9.17, 15) is 14.0 Å². The summed E-state index contributed by atoms with van der Waals surface area (Å²) >= 11 is 11.8. The number of hydrogen-bond acceptors (Lipinski definition) is 2. The van der Waals surface area contributed by atoms with Gasteiger partial charge in [-0.05, 0) is 61.2 Å². The second-order valence-electron chi connectivity index (χ2n) is 6.72. The minimum absolute atomic E-state index is 0.0681. The lowest BCUT2D eigenvalue weighted by Gasteiger charge is -2.15. The largest absolute Gasteiger partial charge is 0.349 e. The van der Waals surface area contributed by atoms with E-state index in [-0.39, 0.29) is 21.9 Å². The van der Waals surface area contributed by atoms with Crippen LogP contribution in [0.25, 0.3) is 6.08 Å². The summed E-state index contributed by atoms with van der Waals surface area (Å²) in [5.74, 6) is -1.03. The molecule has 7 heteroatoms. The van der Waals surface area contributed by atoms with Crippen molar-refractivity contribution in [3.63, 3.8) is 0 Å². The van der Waals surface area contributed by atoms with Crippen LogP contribution >= 0.6 is 23.2 Å². The molecule has 0 heterocycles. The van der Waals surface area contributed by atoms with E-state index in [1.807, 2.05) is 0 Å². The van der Waals surface area contributed by atoms with E-state index < -0.39 is 11.9 Å². The summed E-state index contributed by atoms with van der Waals surface area (Å²) in [5.41, 5.74) is 1.80. The van der Waals surface area contributed by atoms with Gasteiger partial charge in [0.15, 0.2) is 0 Å². The van der Waals surface area contributed by atoms with Crippen molar-refractivity contribution in [3.05, 3.63) is 75.0 Å². The smallest absolute Gasteiger partial charge is 0.251 e. The van der Waals surface area contributed by atoms with Gasteiger partial charge in [-0.2, -0.15) is 0 Å². The quantitative estimate of drug-likeness (QED) is 0.514. The lowest BCUT2D eigenvalue weighted by Crippen LogP contribution is -2.25. The van der Waals surface area contributed by atoms with E-state index in [0.717, 1.165) is 18.4 Å². The van der Waals surface area contributed by atoms with Gasteiger partial charge in [-0.1, -0.05) is 35.3 Å². The number of carbonyl (C=O) groups excluding carboxylic acids is 2. The molecule has 2 amide bonds. The minimum Gasteiger partial charge on any atom is -0.349 e. The van der Waals surface area contributed by atoms with Crippen LogP contribution in [0.1, 0.15) is 47.3 Å². The van der Waals surface area contributed by atoms with Crippen LogP contribution in [0.4, 0.5) is 4.39 Å². The van der Waals surface area contributed by atoms with E-state index in [1.54, 1.807) is 37.3 Å². The highest BCUT2D eigenvalue weighted by Gasteiger charge is 2.23. The molecule has 1 saturated carbocycles. The average molecular weight is 421 g/mol. The van der Waals surface area contributed by atoms with Crippen molar-refractivity contribution < 1.29 is 14.0 Å². The third-order valence-electron chi connectivity index (χ3n) is 4.38. The zero-order chi connectivity index (χ0) is 20.3. The molecule has 2 N–H and O–H groups in total. The lowest BCUT2D eigenvalue weighted by atomic mass is 10.1. The molecule has 0 aliphatic heterocycles. The summed E-state index contributed by atoms with van der Waals surface area (Å²) in [6, 6.07) is 9.30. The highest BCUT2D eigenvalue weighted by atomic mass is 35.5. The van der Waals surface area contributed by atoms with Crippen molar-refractivity contribution in [3.8, 4) is 0 Å². The maximum atomic E-state index is 13.6. The maximum absolute atomic E-state index is 13.6. The molecule has 28 heavy (non-hydrogen) atoms. The van der Waals surface area contributed by atoms with Gasteiger partial charge in [0.1, 0.15) is 5.82 Å². The number of nitrogens with one attached hydrogen (secondary N) is 2. The summed E-state index contributed by atoms with van der Waals surface area (Å²) in [7, 11) is 0. The molecule has 0 aromatic heterocycles. The topological polar surface area (TPSA) is 58.2 Å². The fourth-order valence-corrected chi connectivity index (χ4v) is 3.17. The Labute approximate surface area is 172 Å². The number of benzene rings is 2. The first-order chi connectivity index (χ1) is 13.3. The minimum atomic E-state index is -0.594. The summed E-state index contributed by atoms with van der Waals surface area (Å²) in [6.07, 6.45) is 5.08. The van der Waals surface area contributed by atoms with Gasteiger partial charge in [0, 0.05) is 22.7 Å². The van der Waals surface area contributed by atoms with Gasteiger partial charge in [0.05, 0.1) is 11.1 Å². The second kappa shape index (κ2) is 8.76. The van der Waals surface area contributed by atoms with Gasteiger partial charge in [-0.3, -0.25) is 9.59 Å². The third-order valence-corrected chi connectivity index (χ3v) is 4.99. The Balaban J connectivity index is 1.58. The molecule has 0 bridgehead atoms. The number of hydrogen-bond donors (Lipinski definition) is 2. The molecule has 2 aromatic rings. The van der Waals surface area contributed by atoms with Crippen LogP contribution in [0.15, 0.2) is 42.5 Å². The Morgan fingerprint density at radius 2 is 1.82 bits per heavy atom. The monoisotopic (exact) mass is 420 g/mol. The van der Waals surface area contributed by atoms with Crippen molar-refractivity contribution in [2.75, 3.05) is 0 Å². The molecule has 0 radical (unpaired) electrons. The molecule has 0 saturated heterocycles. The molecule has 2 aromatic carbocycles. The standard InChI is InChI=1S/C21H19Cl2FN2O2/c1-12(16-10-19(24)18(23)11-17(16)22)25-20(27)9-4-13-2-5-14(6-3-13)21(28)26-15-7-8-15/h2-6,9-12,15H,7-8H2,1H3,(H,25,27)(H,26,28)/b9-4+. The van der Waals surface area contributed by atoms with Crippen LogP contribution in [0.3, 0.4) is 0 Å². The number of halogens is 3. The fraction of sp³-hybridized carbons (Fsp3) is 0.238. The third kappa shape index (κ3) is 5.33. The molecule has 0 spiro atoms. The number of carbonyl (C=O) groups is 2. The molecular formula is C21H19Cl2FN2O2. The molecule has 1 fully saturated rings. The molecular weight excluding hydrogens is 402 g/mol. The van der Waals surface area contributed by atoms with Crippen LogP contribution < -0.4 is 10.6 Å². The lowest BCUT2D eigenvalue weighted by molar-refractivity contribution is -0.117. The van der Waals surface area contributed by atoms with E-state index in [2.05, 4.69) is 10.6 Å². The molecule has 1 atom stereocenters. The van der Waals surface area contributed by atoms with Crippen LogP contribution in [0.2, 0.25) is 10.0 Å². The van der Waals surface area contributed by atoms with Gasteiger partial charge in [0.25, 0.3) is 5.91 Å². The summed E-state index contributed by atoms with van der Waals surface area (Å²) < 4.78 is 13.6. The SMILES string of the molecule is CC(NC(=O)/C=C/c1ccc(C(=O)NC2CC2)cc1)c1cc(F)c(Cl)cc1Cl. The zero-order valence-corrected chi connectivity index (χ0v) is 16.6. The van der Waals surface area contributed by atoms with Crippen LogP contribution in [0.5, 0.6) is 0 Å². The van der Waals surface area contributed by atoms with E-state index in [1.165, 1.54) is 18.2 Å². The van der Waals surface area contributed by atoms with Gasteiger partial charge in [-0.15, -0.1) is 0 Å². The first kappa shape index (κ1) is 20.4. The first-order valence-corrected chi connectivity index (χ1v) is 9.63. The van der Waals surface area contributed by atoms with Crippen molar-refractivity contribution in [1.82, 2.24) is 10.6 Å². The number of amides is 2. The van der Waals surface area contributed by atoms with Crippen LogP contribution in [0, 0.1) is 5.82 Å². The van der Waals surface area contributed by atoms with E-state index in [4.69, 9.17) is 23.2 Å². The normalized spacial score (nSPS) is 14.7. The highest BCUT2D eigenvalue weighted by Crippen LogP contribution is 2.28. The molecule has 1 aliphatic carbocycles. The molecule has 4 nitrogen and oxygen atoms in total. The Morgan fingerprint density at radius 1 is 1.14 bits per heavy atom. The van der Waals surface area contributed by atoms with Crippen LogP contribution in [-0.2, 0) is 4.79 Å². The van der Waals surface area contributed by atoms with E-state index >= 15 is 0 Å². The van der Waals surface area contributed by atoms with Gasteiger partial charge >= 0.3 is 0 Å². The number of rotatable bonds is 6. The van der Waals surface area contributed by atoms with E-state index in [0.29, 0.717) is 17.2 Å². The molecule has 3 rings (SSSR count). The van der Waals surface area contributed by atoms with Crippen molar-refractivity contribution in [2.24, 2.45) is 0 Å². The Bertz CT molecular complexity index is 925. The van der Waals surface area contributed by atoms with Crippen molar-refractivity contribution in [1.29, 1.82) is 0 Å². The first-order valence-electron chi connectivity index (χ1n) is 8.87. The maximum Gasteiger partial charge on any atom is 0.251 e. The van der Waals surface area contributed by atoms with Gasteiger partial charge in [-0.25, -0.2) is 4.39 Å². The highest BCUT2D eigenvalue weighted by molar-refractivity contribution is 6.35. The summed E-state index contributed by atoms with van der Waals surface area (Å²) in [6.45, 7) is 1.70. The molecule has 1 aliphatic rings. The summed E-state index contributed by atoms with van der Waals surface area (Å²) in [5, 5.41) is 5.86. The van der Waals surface area contributed by atoms with Crippen LogP contribution in [-0.4, -0.2) is 17.9 Å². The van der Waals surface area contributed by atoms with Gasteiger partial charge < -0.3 is 10.6 Å². The van der Waals surface area contributed by atoms with Crippen molar-refractivity contribution in [2.45, 2.75) is 31.8 Å². The Kier molecular flexibility index (Phi) is 6.37. The average Bonchev–Trinajstić information content (AvgIpc) is 3.47. The van der Waals surface area contributed by atoms with Crippen molar-refractivity contribution >= 4 is 41.1 Å². The molecule has 1 unspecified atom stereocenters. The molecule has 146 valence electrons. The zero-order valence-electron chi connectivity index (χ0n) is 15.1. The van der Waals surface area contributed by atoms with Gasteiger partial charge in [0.2, 0.25) is 5.91 Å². The Hall–Kier alpha value is -2.37. The second-order valence-corrected chi connectivity index (χ2v) is 7.54.